The third kappa shape index (κ3) is 7.71. The van der Waals surface area contributed by atoms with E-state index < -0.39 is 53.0 Å². The van der Waals surface area contributed by atoms with Crippen molar-refractivity contribution in [2.24, 2.45) is 0 Å². The molecule has 1 aliphatic rings. The summed E-state index contributed by atoms with van der Waals surface area (Å²) in [6, 6.07) is 4.04. The lowest BCUT2D eigenvalue weighted by molar-refractivity contribution is -0.274. The van der Waals surface area contributed by atoms with E-state index in [4.69, 9.17) is 0 Å². The van der Waals surface area contributed by atoms with Crippen LogP contribution in [0.2, 0.25) is 0 Å². The second-order valence-electron chi connectivity index (χ2n) is 8.01. The number of likely N-dealkylation sites (tertiary alicyclic amines) is 1. The molecule has 9 nitrogen and oxygen atoms in total. The molecule has 0 unspecified atom stereocenters. The van der Waals surface area contributed by atoms with Crippen LogP contribution in [0.15, 0.2) is 30.5 Å². The van der Waals surface area contributed by atoms with Crippen molar-refractivity contribution in [1.29, 1.82) is 0 Å². The quantitative estimate of drug-likeness (QED) is 0.536. The van der Waals surface area contributed by atoms with E-state index in [2.05, 4.69) is 24.7 Å². The van der Waals surface area contributed by atoms with Crippen molar-refractivity contribution in [3.8, 4) is 5.75 Å². The van der Waals surface area contributed by atoms with E-state index in [1.165, 1.54) is 19.1 Å². The van der Waals surface area contributed by atoms with Crippen LogP contribution >= 0.6 is 0 Å². The minimum Gasteiger partial charge on any atom is -0.406 e. The van der Waals surface area contributed by atoms with Crippen molar-refractivity contribution in [3.05, 3.63) is 41.7 Å². The summed E-state index contributed by atoms with van der Waals surface area (Å²) in [4.78, 5) is 22.1. The smallest absolute Gasteiger partial charge is 0.406 e. The molecule has 0 spiro atoms. The van der Waals surface area contributed by atoms with Gasteiger partial charge in [-0.05, 0) is 31.0 Å². The Hall–Kier alpha value is -3.07. The Kier molecular flexibility index (Phi) is 7.50. The number of sulfonamides is 1. The molecular weight excluding hydrogens is 501 g/mol. The molecule has 0 aliphatic carbocycles. The van der Waals surface area contributed by atoms with Crippen molar-refractivity contribution >= 4 is 27.6 Å². The lowest BCUT2D eigenvalue weighted by Gasteiger charge is -2.39. The number of ether oxygens (including phenoxy) is 1. The van der Waals surface area contributed by atoms with Gasteiger partial charge in [0, 0.05) is 31.3 Å². The maximum Gasteiger partial charge on any atom is 0.573 e. The number of rotatable bonds is 7. The van der Waals surface area contributed by atoms with Crippen molar-refractivity contribution in [1.82, 2.24) is 19.6 Å². The Morgan fingerprint density at radius 1 is 1.26 bits per heavy atom. The van der Waals surface area contributed by atoms with Gasteiger partial charge in [-0.2, -0.15) is 0 Å². The van der Waals surface area contributed by atoms with Gasteiger partial charge in [-0.3, -0.25) is 4.79 Å². The fourth-order valence-electron chi connectivity index (χ4n) is 3.45. The van der Waals surface area contributed by atoms with Crippen LogP contribution in [0.1, 0.15) is 28.9 Å². The van der Waals surface area contributed by atoms with E-state index in [0.29, 0.717) is 5.56 Å². The summed E-state index contributed by atoms with van der Waals surface area (Å²) in [7, 11) is -3.62. The second kappa shape index (κ2) is 9.89. The largest absolute Gasteiger partial charge is 0.573 e. The molecule has 2 aromatic rings. The lowest BCUT2D eigenvalue weighted by atomic mass is 9.98. The average Bonchev–Trinajstić information content (AvgIpc) is 2.71. The number of anilines is 2. The zero-order valence-electron chi connectivity index (χ0n) is 18.6. The number of halogens is 5. The van der Waals surface area contributed by atoms with Crippen LogP contribution in [0, 0.1) is 6.92 Å². The summed E-state index contributed by atoms with van der Waals surface area (Å²) in [5.41, 5.74) is 0.172. The fourth-order valence-corrected chi connectivity index (χ4v) is 3.94. The number of nitrogens with zero attached hydrogens (tertiary/aromatic N) is 3. The molecule has 0 bridgehead atoms. The number of hydrogen-bond acceptors (Lipinski definition) is 7. The predicted octanol–water partition coefficient (Wildman–Crippen LogP) is 3.22. The standard InChI is InChI=1S/C20H22F5N5O4S/c1-12-3-4-15(28-16-9-14(6-8-26-16)34-20(23,24)25)29-17(12)18(31)30-11-19(21,22)7-5-13(30)10-27-35(2,32)33/h3-4,6,8-9,13,27H,5,7,10-11H2,1-2H3,(H,26,28,29)/t13-/m1/s1. The molecule has 3 rings (SSSR count). The number of piperidine rings is 1. The molecule has 0 saturated carbocycles. The number of nitrogens with one attached hydrogen (secondary N) is 2. The van der Waals surface area contributed by atoms with Gasteiger partial charge in [-0.25, -0.2) is 31.9 Å². The zero-order chi connectivity index (χ0) is 26.0. The molecule has 0 aromatic carbocycles. The van der Waals surface area contributed by atoms with Gasteiger partial charge in [-0.1, -0.05) is 6.07 Å². The molecule has 192 valence electrons. The summed E-state index contributed by atoms with van der Waals surface area (Å²) < 4.78 is 94.6. The van der Waals surface area contributed by atoms with E-state index in [1.54, 1.807) is 0 Å². The van der Waals surface area contributed by atoms with Gasteiger partial charge >= 0.3 is 6.36 Å². The monoisotopic (exact) mass is 523 g/mol. The maximum absolute atomic E-state index is 14.1. The topological polar surface area (TPSA) is 114 Å². The zero-order valence-corrected chi connectivity index (χ0v) is 19.4. The molecule has 2 aromatic heterocycles. The van der Waals surface area contributed by atoms with Gasteiger partial charge in [0.1, 0.15) is 23.1 Å². The van der Waals surface area contributed by atoms with Crippen molar-refractivity contribution < 1.29 is 39.9 Å². The van der Waals surface area contributed by atoms with E-state index in [0.717, 1.165) is 29.5 Å². The van der Waals surface area contributed by atoms with E-state index >= 15 is 0 Å². The van der Waals surface area contributed by atoms with Crippen LogP contribution in [0.3, 0.4) is 0 Å². The third-order valence-corrected chi connectivity index (χ3v) is 5.74. The second-order valence-corrected chi connectivity index (χ2v) is 9.85. The summed E-state index contributed by atoms with van der Waals surface area (Å²) in [6.45, 7) is 0.374. The molecule has 15 heteroatoms. The predicted molar refractivity (Wildman–Crippen MR) is 115 cm³/mol. The molecule has 35 heavy (non-hydrogen) atoms. The highest BCUT2D eigenvalue weighted by Crippen LogP contribution is 2.32. The van der Waals surface area contributed by atoms with Crippen LogP contribution in [0.5, 0.6) is 5.75 Å². The van der Waals surface area contributed by atoms with Gasteiger partial charge in [-0.15, -0.1) is 13.2 Å². The highest BCUT2D eigenvalue weighted by Gasteiger charge is 2.43. The van der Waals surface area contributed by atoms with Crippen LogP contribution in [-0.2, 0) is 10.0 Å². The first-order valence-electron chi connectivity index (χ1n) is 10.2. The molecule has 1 aliphatic heterocycles. The highest BCUT2D eigenvalue weighted by molar-refractivity contribution is 7.88. The Bertz CT molecular complexity index is 1190. The number of hydrogen-bond donors (Lipinski definition) is 2. The van der Waals surface area contributed by atoms with Crippen molar-refractivity contribution in [2.45, 2.75) is 38.1 Å². The molecule has 1 fully saturated rings. The summed E-state index contributed by atoms with van der Waals surface area (Å²) in [5.74, 6) is -4.58. The van der Waals surface area contributed by atoms with Crippen LogP contribution in [0.4, 0.5) is 33.6 Å². The van der Waals surface area contributed by atoms with Gasteiger partial charge in [0.2, 0.25) is 10.0 Å². The van der Waals surface area contributed by atoms with Crippen molar-refractivity contribution in [2.75, 3.05) is 24.7 Å². The minimum absolute atomic E-state index is 0.0187. The van der Waals surface area contributed by atoms with Crippen LogP contribution in [-0.4, -0.2) is 66.9 Å². The van der Waals surface area contributed by atoms with E-state index in [-0.39, 0.29) is 30.3 Å². The summed E-state index contributed by atoms with van der Waals surface area (Å²) >= 11 is 0. The first-order valence-corrected chi connectivity index (χ1v) is 12.1. The Morgan fingerprint density at radius 2 is 1.97 bits per heavy atom. The van der Waals surface area contributed by atoms with E-state index in [9.17, 15) is 35.2 Å². The normalized spacial score (nSPS) is 18.3. The highest BCUT2D eigenvalue weighted by atomic mass is 32.2. The number of pyridine rings is 2. The van der Waals surface area contributed by atoms with E-state index in [1.807, 2.05) is 0 Å². The fraction of sp³-hybridized carbons (Fsp3) is 0.450. The molecule has 2 N–H and O–H groups in total. The molecular formula is C20H22F5N5O4S. The number of aryl methyl sites for hydroxylation is 1. The number of carbonyl (C=O) groups excluding carboxylic acids is 1. The van der Waals surface area contributed by atoms with Crippen LogP contribution < -0.4 is 14.8 Å². The number of amides is 1. The molecule has 1 atom stereocenters. The maximum atomic E-state index is 14.1. The van der Waals surface area contributed by atoms with Crippen molar-refractivity contribution in [3.63, 3.8) is 0 Å². The number of carbonyl (C=O) groups is 1. The lowest BCUT2D eigenvalue weighted by Crippen LogP contribution is -2.55. The number of aromatic nitrogens is 2. The molecule has 3 heterocycles. The average molecular weight is 523 g/mol. The first-order chi connectivity index (χ1) is 16.1. The Morgan fingerprint density at radius 3 is 2.63 bits per heavy atom. The first kappa shape index (κ1) is 26.5. The van der Waals surface area contributed by atoms with Gasteiger partial charge in [0.25, 0.3) is 11.8 Å². The molecule has 1 amide bonds. The van der Waals surface area contributed by atoms with Crippen LogP contribution in [0.25, 0.3) is 0 Å². The third-order valence-electron chi connectivity index (χ3n) is 5.05. The molecule has 0 radical (unpaired) electrons. The SMILES string of the molecule is Cc1ccc(Nc2cc(OC(F)(F)F)ccn2)nc1C(=O)N1CC(F)(F)CC[C@@H]1CNS(C)(=O)=O. The summed E-state index contributed by atoms with van der Waals surface area (Å²) in [5, 5.41) is 2.65. The Balaban J connectivity index is 1.85. The number of alkyl halides is 5. The van der Waals surface area contributed by atoms with Gasteiger partial charge in [0.05, 0.1) is 12.8 Å². The Labute approximate surface area is 197 Å². The minimum atomic E-state index is -4.90. The van der Waals surface area contributed by atoms with Gasteiger partial charge < -0.3 is 15.0 Å². The van der Waals surface area contributed by atoms with Gasteiger partial charge in [0.15, 0.2) is 0 Å². The summed E-state index contributed by atoms with van der Waals surface area (Å²) in [6.07, 6.45) is -3.56. The molecule has 1 saturated heterocycles.